The maximum Gasteiger partial charge on any atom is 0.0180 e. The molecule has 1 saturated heterocycles. The molecule has 98 valence electrons. The van der Waals surface area contributed by atoms with E-state index in [1.54, 1.807) is 0 Å². The van der Waals surface area contributed by atoms with Crippen molar-refractivity contribution in [3.05, 3.63) is 12.3 Å². The fourth-order valence-corrected chi connectivity index (χ4v) is 3.65. The largest absolute Gasteiger partial charge is 0.375 e. The van der Waals surface area contributed by atoms with Gasteiger partial charge in [-0.1, -0.05) is 40.2 Å². The molecular weight excluding hydrogens is 206 g/mol. The minimum absolute atomic E-state index is 0.375. The molecule has 1 saturated carbocycles. The smallest absolute Gasteiger partial charge is 0.0180 e. The molecule has 0 amide bonds. The third-order valence-corrected chi connectivity index (χ3v) is 4.67. The summed E-state index contributed by atoms with van der Waals surface area (Å²) in [5.41, 5.74) is 2.48. The molecular formula is C16H29N. The van der Waals surface area contributed by atoms with Gasteiger partial charge in [-0.15, -0.1) is 0 Å². The van der Waals surface area contributed by atoms with E-state index in [2.05, 4.69) is 32.3 Å². The zero-order chi connectivity index (χ0) is 12.5. The quantitative estimate of drug-likeness (QED) is 0.676. The second kappa shape index (κ2) is 4.66. The topological polar surface area (TPSA) is 3.24 Å². The van der Waals surface area contributed by atoms with Gasteiger partial charge >= 0.3 is 0 Å². The van der Waals surface area contributed by atoms with Crippen LogP contribution in [0.4, 0.5) is 0 Å². The van der Waals surface area contributed by atoms with Gasteiger partial charge in [0.05, 0.1) is 0 Å². The van der Waals surface area contributed by atoms with E-state index in [0.717, 1.165) is 11.8 Å². The van der Waals surface area contributed by atoms with Crippen LogP contribution >= 0.6 is 0 Å². The van der Waals surface area contributed by atoms with Crippen molar-refractivity contribution >= 4 is 0 Å². The van der Waals surface area contributed by atoms with Crippen molar-refractivity contribution < 1.29 is 0 Å². The highest BCUT2D eigenvalue weighted by Crippen LogP contribution is 2.46. The van der Waals surface area contributed by atoms with Crippen LogP contribution in [0.5, 0.6) is 0 Å². The fourth-order valence-electron chi connectivity index (χ4n) is 3.65. The lowest BCUT2D eigenvalue weighted by atomic mass is 9.76. The lowest BCUT2D eigenvalue weighted by Crippen LogP contribution is -2.38. The second-order valence-electron chi connectivity index (χ2n) is 7.50. The van der Waals surface area contributed by atoms with E-state index in [1.807, 2.05) is 0 Å². The van der Waals surface area contributed by atoms with E-state index in [1.165, 1.54) is 57.3 Å². The summed E-state index contributed by atoms with van der Waals surface area (Å²) < 4.78 is 0. The zero-order valence-corrected chi connectivity index (χ0v) is 12.0. The molecule has 2 fully saturated rings. The highest BCUT2D eigenvalue weighted by molar-refractivity contribution is 5.01. The number of likely N-dealkylation sites (tertiary alicyclic amines) is 1. The number of nitrogens with zero attached hydrogens (tertiary/aromatic N) is 1. The lowest BCUT2D eigenvalue weighted by Gasteiger charge is -2.42. The van der Waals surface area contributed by atoms with E-state index in [0.29, 0.717) is 5.41 Å². The Morgan fingerprint density at radius 3 is 2.06 bits per heavy atom. The predicted molar refractivity (Wildman–Crippen MR) is 74.9 cm³/mol. The van der Waals surface area contributed by atoms with Crippen molar-refractivity contribution in [3.8, 4) is 0 Å². The van der Waals surface area contributed by atoms with Crippen molar-refractivity contribution in [2.45, 2.75) is 65.7 Å². The third-order valence-electron chi connectivity index (χ3n) is 4.67. The predicted octanol–water partition coefficient (Wildman–Crippen LogP) is 4.59. The third kappa shape index (κ3) is 3.26. The summed E-state index contributed by atoms with van der Waals surface area (Å²) in [5.74, 6) is 0. The molecule has 0 bridgehead atoms. The summed E-state index contributed by atoms with van der Waals surface area (Å²) in [6.45, 7) is 13.7. The molecule has 0 aromatic rings. The van der Waals surface area contributed by atoms with E-state index in [-0.39, 0.29) is 0 Å². The summed E-state index contributed by atoms with van der Waals surface area (Å²) in [7, 11) is 0. The first-order chi connectivity index (χ1) is 7.90. The van der Waals surface area contributed by atoms with Gasteiger partial charge in [0.15, 0.2) is 0 Å². The first-order valence-electron chi connectivity index (χ1n) is 7.33. The molecule has 0 aromatic heterocycles. The Bertz CT molecular complexity index is 268. The number of allylic oxidation sites excluding steroid dienone is 1. The van der Waals surface area contributed by atoms with Crippen LogP contribution in [0.25, 0.3) is 0 Å². The molecule has 1 aliphatic heterocycles. The maximum atomic E-state index is 4.30. The van der Waals surface area contributed by atoms with Crippen LogP contribution in [0.1, 0.15) is 65.7 Å². The van der Waals surface area contributed by atoms with Crippen LogP contribution in [0.15, 0.2) is 12.3 Å². The monoisotopic (exact) mass is 235 g/mol. The lowest BCUT2D eigenvalue weighted by molar-refractivity contribution is 0.125. The first kappa shape index (κ1) is 13.0. The van der Waals surface area contributed by atoms with Gasteiger partial charge in [0.2, 0.25) is 0 Å². The standard InChI is InChI=1S/C16H29N/c1-14(13-15(2,3)4)17-11-9-16(10-12-17)7-5-6-8-16/h1,5-13H2,2-4H3. The van der Waals surface area contributed by atoms with Gasteiger partial charge < -0.3 is 4.90 Å². The van der Waals surface area contributed by atoms with Gasteiger partial charge in [-0.25, -0.2) is 0 Å². The summed E-state index contributed by atoms with van der Waals surface area (Å²) in [4.78, 5) is 2.55. The zero-order valence-electron chi connectivity index (χ0n) is 12.0. The van der Waals surface area contributed by atoms with Crippen molar-refractivity contribution in [1.82, 2.24) is 4.90 Å². The average Bonchev–Trinajstić information content (AvgIpc) is 2.65. The molecule has 2 rings (SSSR count). The van der Waals surface area contributed by atoms with Crippen molar-refractivity contribution in [2.24, 2.45) is 10.8 Å². The van der Waals surface area contributed by atoms with E-state index in [4.69, 9.17) is 0 Å². The van der Waals surface area contributed by atoms with E-state index < -0.39 is 0 Å². The van der Waals surface area contributed by atoms with Gasteiger partial charge in [-0.2, -0.15) is 0 Å². The number of piperidine rings is 1. The summed E-state index contributed by atoms with van der Waals surface area (Å²) >= 11 is 0. The van der Waals surface area contributed by atoms with Crippen LogP contribution in [-0.2, 0) is 0 Å². The van der Waals surface area contributed by atoms with Crippen molar-refractivity contribution in [2.75, 3.05) is 13.1 Å². The first-order valence-corrected chi connectivity index (χ1v) is 7.33. The Morgan fingerprint density at radius 2 is 1.59 bits per heavy atom. The van der Waals surface area contributed by atoms with Gasteiger partial charge in [-0.3, -0.25) is 0 Å². The maximum absolute atomic E-state index is 4.30. The molecule has 2 aliphatic rings. The van der Waals surface area contributed by atoms with Crippen molar-refractivity contribution in [3.63, 3.8) is 0 Å². The van der Waals surface area contributed by atoms with Crippen LogP contribution in [0, 0.1) is 10.8 Å². The Hall–Kier alpha value is -0.460. The molecule has 1 aliphatic carbocycles. The Kier molecular flexibility index (Phi) is 3.56. The molecule has 0 N–H and O–H groups in total. The molecule has 1 nitrogen and oxygen atoms in total. The molecule has 1 heterocycles. The highest BCUT2D eigenvalue weighted by atomic mass is 15.1. The Morgan fingerprint density at radius 1 is 1.06 bits per heavy atom. The molecule has 17 heavy (non-hydrogen) atoms. The van der Waals surface area contributed by atoms with E-state index in [9.17, 15) is 0 Å². The SMILES string of the molecule is C=C(CC(C)(C)C)N1CCC2(CCCC2)CC1. The molecule has 1 heteroatoms. The fraction of sp³-hybridized carbons (Fsp3) is 0.875. The normalized spacial score (nSPS) is 24.3. The van der Waals surface area contributed by atoms with Crippen molar-refractivity contribution in [1.29, 1.82) is 0 Å². The summed E-state index contributed by atoms with van der Waals surface area (Å²) in [6.07, 6.45) is 9.90. The van der Waals surface area contributed by atoms with Gasteiger partial charge in [0.25, 0.3) is 0 Å². The van der Waals surface area contributed by atoms with Crippen LogP contribution in [0.3, 0.4) is 0 Å². The summed E-state index contributed by atoms with van der Waals surface area (Å²) in [6, 6.07) is 0. The van der Waals surface area contributed by atoms with Gasteiger partial charge in [-0.05, 0) is 42.9 Å². The minimum atomic E-state index is 0.375. The number of rotatable bonds is 2. The van der Waals surface area contributed by atoms with Crippen LogP contribution in [-0.4, -0.2) is 18.0 Å². The Balaban J connectivity index is 1.84. The van der Waals surface area contributed by atoms with Crippen LogP contribution in [0.2, 0.25) is 0 Å². The minimum Gasteiger partial charge on any atom is -0.375 e. The Labute approximate surface area is 107 Å². The molecule has 0 aromatic carbocycles. The number of hydrogen-bond donors (Lipinski definition) is 0. The number of hydrogen-bond acceptors (Lipinski definition) is 1. The highest BCUT2D eigenvalue weighted by Gasteiger charge is 2.37. The molecule has 0 radical (unpaired) electrons. The summed E-state index contributed by atoms with van der Waals surface area (Å²) in [5, 5.41) is 0. The van der Waals surface area contributed by atoms with Crippen LogP contribution < -0.4 is 0 Å². The molecule has 1 spiro atoms. The molecule has 0 unspecified atom stereocenters. The molecule has 0 atom stereocenters. The second-order valence-corrected chi connectivity index (χ2v) is 7.50. The van der Waals surface area contributed by atoms with E-state index >= 15 is 0 Å². The van der Waals surface area contributed by atoms with Gasteiger partial charge in [0, 0.05) is 18.8 Å². The van der Waals surface area contributed by atoms with Gasteiger partial charge in [0.1, 0.15) is 0 Å². The average molecular weight is 235 g/mol.